The van der Waals surface area contributed by atoms with Gasteiger partial charge in [0.25, 0.3) is 0 Å². The molecular weight excluding hydrogens is 276 g/mol. The van der Waals surface area contributed by atoms with Gasteiger partial charge in [-0.3, -0.25) is 0 Å². The van der Waals surface area contributed by atoms with Gasteiger partial charge in [0.2, 0.25) is 6.79 Å². The molecule has 0 atom stereocenters. The molecule has 2 heterocycles. The van der Waals surface area contributed by atoms with Crippen LogP contribution < -0.4 is 14.4 Å². The maximum atomic E-state index is 5.80. The molecule has 2 aromatic rings. The molecule has 106 valence electrons. The molecule has 0 aliphatic carbocycles. The highest BCUT2D eigenvalue weighted by Crippen LogP contribution is 2.38. The highest BCUT2D eigenvalue weighted by Gasteiger charge is 2.17. The second-order valence-corrected chi connectivity index (χ2v) is 5.06. The molecule has 0 bridgehead atoms. The van der Waals surface area contributed by atoms with Gasteiger partial charge in [0.1, 0.15) is 5.82 Å². The summed E-state index contributed by atoms with van der Waals surface area (Å²) in [4.78, 5) is 6.79. The van der Waals surface area contributed by atoms with Crippen molar-refractivity contribution in [3.05, 3.63) is 24.4 Å². The van der Waals surface area contributed by atoms with E-state index in [0.717, 1.165) is 47.6 Å². The number of hydrogen-bond donors (Lipinski definition) is 0. The van der Waals surface area contributed by atoms with Crippen LogP contribution in [0.2, 0.25) is 0 Å². The highest BCUT2D eigenvalue weighted by molar-refractivity contribution is 6.17. The molecule has 3 rings (SSSR count). The first-order valence-corrected chi connectivity index (χ1v) is 7.36. The molecule has 0 N–H and O–H groups in total. The molecule has 0 spiro atoms. The van der Waals surface area contributed by atoms with Crippen LogP contribution in [-0.4, -0.2) is 30.7 Å². The van der Waals surface area contributed by atoms with E-state index in [1.807, 2.05) is 24.4 Å². The number of nitrogens with zero attached hydrogens (tertiary/aromatic N) is 2. The number of ether oxygens (including phenoxy) is 2. The SMILES string of the molecule is CCN(CCCCl)c1nccc2cc3c(cc12)OCO3. The summed E-state index contributed by atoms with van der Waals surface area (Å²) in [6, 6.07) is 6.03. The van der Waals surface area contributed by atoms with E-state index in [4.69, 9.17) is 21.1 Å². The number of rotatable bonds is 5. The summed E-state index contributed by atoms with van der Waals surface area (Å²) >= 11 is 5.80. The van der Waals surface area contributed by atoms with Gasteiger partial charge < -0.3 is 14.4 Å². The van der Waals surface area contributed by atoms with E-state index >= 15 is 0 Å². The first kappa shape index (κ1) is 13.3. The smallest absolute Gasteiger partial charge is 0.231 e. The van der Waals surface area contributed by atoms with E-state index in [-0.39, 0.29) is 6.79 Å². The molecule has 5 heteroatoms. The van der Waals surface area contributed by atoms with Crippen molar-refractivity contribution >= 4 is 28.2 Å². The summed E-state index contributed by atoms with van der Waals surface area (Å²) < 4.78 is 10.9. The highest BCUT2D eigenvalue weighted by atomic mass is 35.5. The van der Waals surface area contributed by atoms with Crippen LogP contribution >= 0.6 is 11.6 Å². The first-order valence-electron chi connectivity index (χ1n) is 6.82. The molecule has 1 aliphatic rings. The first-order chi connectivity index (χ1) is 9.83. The number of halogens is 1. The van der Waals surface area contributed by atoms with Gasteiger partial charge in [0.15, 0.2) is 11.5 Å². The lowest BCUT2D eigenvalue weighted by Crippen LogP contribution is -2.25. The van der Waals surface area contributed by atoms with Crippen molar-refractivity contribution in [1.29, 1.82) is 0 Å². The van der Waals surface area contributed by atoms with Gasteiger partial charge in [-0.25, -0.2) is 4.98 Å². The minimum atomic E-state index is 0.290. The van der Waals surface area contributed by atoms with Crippen molar-refractivity contribution in [2.24, 2.45) is 0 Å². The van der Waals surface area contributed by atoms with Crippen molar-refractivity contribution < 1.29 is 9.47 Å². The quantitative estimate of drug-likeness (QED) is 0.791. The van der Waals surface area contributed by atoms with Crippen molar-refractivity contribution in [3.63, 3.8) is 0 Å². The van der Waals surface area contributed by atoms with Gasteiger partial charge >= 0.3 is 0 Å². The lowest BCUT2D eigenvalue weighted by molar-refractivity contribution is 0.174. The molecule has 0 radical (unpaired) electrons. The van der Waals surface area contributed by atoms with Crippen LogP contribution in [0.5, 0.6) is 11.5 Å². The molecule has 0 saturated heterocycles. The Labute approximate surface area is 123 Å². The Bertz CT molecular complexity index is 618. The van der Waals surface area contributed by atoms with Gasteiger partial charge in [0, 0.05) is 30.6 Å². The van der Waals surface area contributed by atoms with Crippen LogP contribution in [0.3, 0.4) is 0 Å². The number of pyridine rings is 1. The van der Waals surface area contributed by atoms with E-state index in [2.05, 4.69) is 16.8 Å². The number of alkyl halides is 1. The molecular formula is C15H17ClN2O2. The number of hydrogen-bond acceptors (Lipinski definition) is 4. The fourth-order valence-electron chi connectivity index (χ4n) is 2.46. The lowest BCUT2D eigenvalue weighted by atomic mass is 10.1. The number of aromatic nitrogens is 1. The summed E-state index contributed by atoms with van der Waals surface area (Å²) in [7, 11) is 0. The zero-order valence-electron chi connectivity index (χ0n) is 11.4. The third-order valence-electron chi connectivity index (χ3n) is 3.48. The van der Waals surface area contributed by atoms with Crippen LogP contribution in [0, 0.1) is 0 Å². The average Bonchev–Trinajstić information content (AvgIpc) is 2.93. The van der Waals surface area contributed by atoms with Crippen LogP contribution in [0.15, 0.2) is 24.4 Å². The van der Waals surface area contributed by atoms with Crippen molar-refractivity contribution in [3.8, 4) is 11.5 Å². The zero-order chi connectivity index (χ0) is 13.9. The van der Waals surface area contributed by atoms with Gasteiger partial charge in [-0.15, -0.1) is 11.6 Å². The second-order valence-electron chi connectivity index (χ2n) is 4.68. The van der Waals surface area contributed by atoms with E-state index in [1.165, 1.54) is 0 Å². The molecule has 0 amide bonds. The molecule has 4 nitrogen and oxygen atoms in total. The van der Waals surface area contributed by atoms with E-state index < -0.39 is 0 Å². The Balaban J connectivity index is 2.06. The molecule has 1 aliphatic heterocycles. The van der Waals surface area contributed by atoms with E-state index in [0.29, 0.717) is 5.88 Å². The summed E-state index contributed by atoms with van der Waals surface area (Å²) in [5, 5.41) is 2.21. The third kappa shape index (κ3) is 2.36. The van der Waals surface area contributed by atoms with Gasteiger partial charge in [-0.2, -0.15) is 0 Å². The Morgan fingerprint density at radius 2 is 2.10 bits per heavy atom. The third-order valence-corrected chi connectivity index (χ3v) is 3.75. The predicted octanol–water partition coefficient (Wildman–Crippen LogP) is 3.42. The molecule has 0 saturated carbocycles. The average molecular weight is 293 g/mol. The van der Waals surface area contributed by atoms with Crippen LogP contribution in [-0.2, 0) is 0 Å². The molecule has 1 aromatic carbocycles. The lowest BCUT2D eigenvalue weighted by Gasteiger charge is -2.23. The predicted molar refractivity (Wildman–Crippen MR) is 81.1 cm³/mol. The van der Waals surface area contributed by atoms with Crippen molar-refractivity contribution in [2.75, 3.05) is 30.7 Å². The maximum Gasteiger partial charge on any atom is 0.231 e. The Morgan fingerprint density at radius 3 is 2.85 bits per heavy atom. The minimum absolute atomic E-state index is 0.290. The number of benzene rings is 1. The van der Waals surface area contributed by atoms with Crippen molar-refractivity contribution in [1.82, 2.24) is 4.98 Å². The van der Waals surface area contributed by atoms with Gasteiger partial charge in [-0.1, -0.05) is 0 Å². The fourth-order valence-corrected chi connectivity index (χ4v) is 2.58. The Hall–Kier alpha value is -1.68. The van der Waals surface area contributed by atoms with E-state index in [1.54, 1.807) is 0 Å². The molecule has 1 aromatic heterocycles. The summed E-state index contributed by atoms with van der Waals surface area (Å²) in [6.45, 7) is 4.22. The maximum absolute atomic E-state index is 5.80. The summed E-state index contributed by atoms with van der Waals surface area (Å²) in [5.74, 6) is 3.24. The molecule has 0 unspecified atom stereocenters. The normalized spacial score (nSPS) is 12.9. The number of anilines is 1. The molecule has 0 fully saturated rings. The van der Waals surface area contributed by atoms with Gasteiger partial charge in [-0.05, 0) is 36.9 Å². The minimum Gasteiger partial charge on any atom is -0.454 e. The topological polar surface area (TPSA) is 34.6 Å². The largest absolute Gasteiger partial charge is 0.454 e. The Morgan fingerprint density at radius 1 is 1.30 bits per heavy atom. The number of fused-ring (bicyclic) bond motifs is 2. The van der Waals surface area contributed by atoms with Gasteiger partial charge in [0.05, 0.1) is 0 Å². The van der Waals surface area contributed by atoms with Crippen LogP contribution in [0.1, 0.15) is 13.3 Å². The Kier molecular flexibility index (Phi) is 3.83. The van der Waals surface area contributed by atoms with Crippen molar-refractivity contribution in [2.45, 2.75) is 13.3 Å². The fraction of sp³-hybridized carbons (Fsp3) is 0.400. The second kappa shape index (κ2) is 5.75. The summed E-state index contributed by atoms with van der Waals surface area (Å²) in [6.07, 6.45) is 2.78. The standard InChI is InChI=1S/C15H17ClN2O2/c1-2-18(7-3-5-16)15-12-9-14-13(19-10-20-14)8-11(12)4-6-17-15/h4,6,8-9H,2-3,5,7,10H2,1H3. The summed E-state index contributed by atoms with van der Waals surface area (Å²) in [5.41, 5.74) is 0. The van der Waals surface area contributed by atoms with Crippen LogP contribution in [0.25, 0.3) is 10.8 Å². The molecule has 20 heavy (non-hydrogen) atoms. The zero-order valence-corrected chi connectivity index (χ0v) is 12.2. The monoisotopic (exact) mass is 292 g/mol. The van der Waals surface area contributed by atoms with E-state index in [9.17, 15) is 0 Å². The van der Waals surface area contributed by atoms with Crippen LogP contribution in [0.4, 0.5) is 5.82 Å².